The number of thiophene rings is 1. The first kappa shape index (κ1) is 19.2. The summed E-state index contributed by atoms with van der Waals surface area (Å²) >= 11 is 14.3. The first-order valence-electron chi connectivity index (χ1n) is 10.3. The molecule has 0 saturated carbocycles. The van der Waals surface area contributed by atoms with Gasteiger partial charge < -0.3 is 0 Å². The third-order valence-electron chi connectivity index (χ3n) is 6.70. The smallest absolute Gasteiger partial charge is 0.134 e. The number of hydrogen-bond donors (Lipinski definition) is 0. The van der Waals surface area contributed by atoms with Gasteiger partial charge in [-0.05, 0) is 42.5 Å². The van der Waals surface area contributed by atoms with E-state index in [1.807, 2.05) is 18.2 Å². The molecule has 154 valence electrons. The van der Waals surface area contributed by atoms with Crippen molar-refractivity contribution in [3.63, 3.8) is 0 Å². The summed E-state index contributed by atoms with van der Waals surface area (Å²) in [5, 5.41) is 11.8. The summed E-state index contributed by atoms with van der Waals surface area (Å²) in [6, 6.07) is 8.27. The Hall–Kier alpha value is -1.46. The Morgan fingerprint density at radius 2 is 1.73 bits per heavy atom. The highest BCUT2D eigenvalue weighted by molar-refractivity contribution is 7.16. The SMILES string of the molecule is N#Cc1c(/N=C(/c2ccc(Cl)c(Cl)c2)C23CN4CN(CN(C4)C2)C3)sc2c1CCC2. The molecule has 7 rings (SSSR count). The second kappa shape index (κ2) is 7.03. The normalized spacial score (nSPS) is 31.8. The lowest BCUT2D eigenvalue weighted by atomic mass is 9.74. The highest BCUT2D eigenvalue weighted by atomic mass is 35.5. The van der Waals surface area contributed by atoms with Crippen LogP contribution in [-0.4, -0.2) is 60.1 Å². The summed E-state index contributed by atoms with van der Waals surface area (Å²) in [7, 11) is 0. The van der Waals surface area contributed by atoms with Gasteiger partial charge in [0, 0.05) is 24.5 Å². The molecule has 5 aliphatic rings. The maximum absolute atomic E-state index is 9.89. The molecule has 8 heteroatoms. The van der Waals surface area contributed by atoms with Gasteiger partial charge in [-0.2, -0.15) is 5.26 Å². The molecule has 1 aromatic carbocycles. The van der Waals surface area contributed by atoms with Crippen LogP contribution in [0.25, 0.3) is 0 Å². The minimum absolute atomic E-state index is 0.104. The summed E-state index contributed by atoms with van der Waals surface area (Å²) < 4.78 is 0. The van der Waals surface area contributed by atoms with E-state index in [2.05, 4.69) is 20.8 Å². The topological polar surface area (TPSA) is 45.9 Å². The van der Waals surface area contributed by atoms with Gasteiger partial charge >= 0.3 is 0 Å². The number of benzene rings is 1. The van der Waals surface area contributed by atoms with Gasteiger partial charge in [0.05, 0.1) is 46.7 Å². The Morgan fingerprint density at radius 3 is 2.37 bits per heavy atom. The van der Waals surface area contributed by atoms with E-state index in [0.29, 0.717) is 10.0 Å². The van der Waals surface area contributed by atoms with Crippen LogP contribution in [0.5, 0.6) is 0 Å². The van der Waals surface area contributed by atoms with E-state index < -0.39 is 0 Å². The van der Waals surface area contributed by atoms with Crippen molar-refractivity contribution in [1.29, 1.82) is 5.26 Å². The van der Waals surface area contributed by atoms with Crippen molar-refractivity contribution in [2.24, 2.45) is 10.4 Å². The number of halogens is 2. The number of hydrogen-bond acceptors (Lipinski definition) is 6. The fourth-order valence-electron chi connectivity index (χ4n) is 5.76. The summed E-state index contributed by atoms with van der Waals surface area (Å²) in [5.74, 6) is 0. The van der Waals surface area contributed by atoms with E-state index in [9.17, 15) is 5.26 Å². The van der Waals surface area contributed by atoms with Crippen LogP contribution in [0.15, 0.2) is 23.2 Å². The largest absolute Gasteiger partial charge is 0.276 e. The molecule has 0 unspecified atom stereocenters. The lowest BCUT2D eigenvalue weighted by molar-refractivity contribution is -0.149. The van der Waals surface area contributed by atoms with Gasteiger partial charge in [-0.3, -0.25) is 14.7 Å². The molecule has 2 aromatic rings. The second-order valence-electron chi connectivity index (χ2n) is 8.93. The Bertz CT molecular complexity index is 1080. The zero-order chi connectivity index (χ0) is 20.5. The van der Waals surface area contributed by atoms with Gasteiger partial charge in [-0.15, -0.1) is 11.3 Å². The van der Waals surface area contributed by atoms with E-state index >= 15 is 0 Å². The maximum Gasteiger partial charge on any atom is 0.134 e. The molecule has 4 fully saturated rings. The molecule has 0 spiro atoms. The van der Waals surface area contributed by atoms with Crippen molar-refractivity contribution < 1.29 is 0 Å². The van der Waals surface area contributed by atoms with Crippen LogP contribution >= 0.6 is 34.5 Å². The van der Waals surface area contributed by atoms with Crippen molar-refractivity contribution in [2.75, 3.05) is 39.6 Å². The zero-order valence-electron chi connectivity index (χ0n) is 16.5. The predicted octanol–water partition coefficient (Wildman–Crippen LogP) is 4.34. The fraction of sp³-hybridized carbons (Fsp3) is 0.455. The molecular formula is C22H21Cl2N5S. The number of nitriles is 1. The van der Waals surface area contributed by atoms with Crippen molar-refractivity contribution >= 4 is 45.3 Å². The standard InChI is InChI=1S/C22H21Cl2N5S/c23-17-5-4-14(6-18(17)24)20(22-8-27-11-28(9-22)13-29(10-22)12-27)26-21-16(7-25)15-2-1-3-19(15)30-21/h4-6H,1-3,8-13H2/b26-20-. The number of nitrogens with zero attached hydrogens (tertiary/aromatic N) is 5. The molecule has 1 aromatic heterocycles. The van der Waals surface area contributed by atoms with E-state index in [1.54, 1.807) is 11.3 Å². The number of aryl methyl sites for hydroxylation is 1. The van der Waals surface area contributed by atoms with Crippen LogP contribution in [0.3, 0.4) is 0 Å². The molecule has 0 atom stereocenters. The van der Waals surface area contributed by atoms with Crippen molar-refractivity contribution in [1.82, 2.24) is 14.7 Å². The molecule has 4 bridgehead atoms. The van der Waals surface area contributed by atoms with Crippen molar-refractivity contribution in [3.05, 3.63) is 49.8 Å². The summed E-state index contributed by atoms with van der Waals surface area (Å²) in [5.41, 5.74) is 3.93. The van der Waals surface area contributed by atoms with Crippen LogP contribution in [0.4, 0.5) is 5.00 Å². The van der Waals surface area contributed by atoms with Crippen LogP contribution in [0.2, 0.25) is 10.0 Å². The average Bonchev–Trinajstić information content (AvgIpc) is 3.28. The van der Waals surface area contributed by atoms with Crippen LogP contribution < -0.4 is 0 Å². The first-order chi connectivity index (χ1) is 14.5. The van der Waals surface area contributed by atoms with Crippen LogP contribution in [0, 0.1) is 16.7 Å². The van der Waals surface area contributed by atoms with Gasteiger partial charge in [-0.1, -0.05) is 29.3 Å². The lowest BCUT2D eigenvalue weighted by Crippen LogP contribution is -2.74. The van der Waals surface area contributed by atoms with Crippen molar-refractivity contribution in [2.45, 2.75) is 19.3 Å². The molecule has 30 heavy (non-hydrogen) atoms. The number of fused-ring (bicyclic) bond motifs is 1. The Labute approximate surface area is 190 Å². The fourth-order valence-corrected chi connectivity index (χ4v) is 7.27. The van der Waals surface area contributed by atoms with E-state index in [-0.39, 0.29) is 5.41 Å². The molecule has 0 N–H and O–H groups in total. The van der Waals surface area contributed by atoms with Gasteiger partial charge in [-0.25, -0.2) is 4.99 Å². The van der Waals surface area contributed by atoms with E-state index in [0.717, 1.165) is 80.7 Å². The minimum Gasteiger partial charge on any atom is -0.276 e. The molecule has 5 heterocycles. The molecule has 4 saturated heterocycles. The highest BCUT2D eigenvalue weighted by Gasteiger charge is 2.52. The molecule has 0 radical (unpaired) electrons. The van der Waals surface area contributed by atoms with Gasteiger partial charge in [0.15, 0.2) is 0 Å². The van der Waals surface area contributed by atoms with Crippen LogP contribution in [-0.2, 0) is 12.8 Å². The first-order valence-corrected chi connectivity index (χ1v) is 11.9. The van der Waals surface area contributed by atoms with Crippen LogP contribution in [0.1, 0.15) is 28.0 Å². The lowest BCUT2D eigenvalue weighted by Gasteiger charge is -2.60. The number of rotatable bonds is 3. The summed E-state index contributed by atoms with van der Waals surface area (Å²) in [6.07, 6.45) is 3.20. The molecule has 5 nitrogen and oxygen atoms in total. The molecular weight excluding hydrogens is 437 g/mol. The Morgan fingerprint density at radius 1 is 1.03 bits per heavy atom. The quantitative estimate of drug-likeness (QED) is 0.642. The van der Waals surface area contributed by atoms with Gasteiger partial charge in [0.1, 0.15) is 11.1 Å². The molecule has 0 amide bonds. The number of aliphatic imine (C=N–C) groups is 1. The zero-order valence-corrected chi connectivity index (χ0v) is 18.8. The summed E-state index contributed by atoms with van der Waals surface area (Å²) in [4.78, 5) is 14.1. The third kappa shape index (κ3) is 2.96. The average molecular weight is 458 g/mol. The second-order valence-corrected chi connectivity index (χ2v) is 10.8. The Kier molecular flexibility index (Phi) is 4.51. The van der Waals surface area contributed by atoms with Crippen molar-refractivity contribution in [3.8, 4) is 6.07 Å². The summed E-state index contributed by atoms with van der Waals surface area (Å²) in [6.45, 7) is 5.99. The van der Waals surface area contributed by atoms with E-state index in [4.69, 9.17) is 28.2 Å². The van der Waals surface area contributed by atoms with Gasteiger partial charge in [0.2, 0.25) is 0 Å². The van der Waals surface area contributed by atoms with E-state index in [1.165, 1.54) is 10.4 Å². The highest BCUT2D eigenvalue weighted by Crippen LogP contribution is 2.44. The minimum atomic E-state index is -0.104. The molecule has 4 aliphatic heterocycles. The Balaban J connectivity index is 1.53. The monoisotopic (exact) mass is 457 g/mol. The third-order valence-corrected chi connectivity index (χ3v) is 8.63. The van der Waals surface area contributed by atoms with Gasteiger partial charge in [0.25, 0.3) is 0 Å². The molecule has 1 aliphatic carbocycles. The maximum atomic E-state index is 9.89. The predicted molar refractivity (Wildman–Crippen MR) is 121 cm³/mol.